The Morgan fingerprint density at radius 3 is 2.84 bits per heavy atom. The van der Waals surface area contributed by atoms with Crippen molar-refractivity contribution >= 4 is 39.2 Å². The largest absolute Gasteiger partial charge is 0.369 e. The number of thioether (sulfide) groups is 1. The summed E-state index contributed by atoms with van der Waals surface area (Å²) in [7, 11) is 0. The van der Waals surface area contributed by atoms with E-state index in [-0.39, 0.29) is 11.5 Å². The molecule has 2 heterocycles. The third-order valence-electron chi connectivity index (χ3n) is 4.71. The number of primary amides is 1. The van der Waals surface area contributed by atoms with Crippen LogP contribution in [0.15, 0.2) is 9.95 Å². The van der Waals surface area contributed by atoms with Crippen LogP contribution in [0.25, 0.3) is 10.2 Å². The molecule has 7 heteroatoms. The van der Waals surface area contributed by atoms with E-state index in [2.05, 4.69) is 6.92 Å². The molecule has 0 aliphatic heterocycles. The van der Waals surface area contributed by atoms with Gasteiger partial charge in [-0.3, -0.25) is 14.2 Å². The van der Waals surface area contributed by atoms with Crippen molar-refractivity contribution in [1.29, 1.82) is 0 Å². The summed E-state index contributed by atoms with van der Waals surface area (Å²) < 4.78 is 1.77. The van der Waals surface area contributed by atoms with Gasteiger partial charge in [0, 0.05) is 11.4 Å². The molecule has 2 N–H and O–H groups in total. The Hall–Kier alpha value is -1.34. The van der Waals surface area contributed by atoms with Gasteiger partial charge in [-0.1, -0.05) is 31.5 Å². The Balaban J connectivity index is 2.10. The number of aromatic nitrogens is 2. The van der Waals surface area contributed by atoms with E-state index in [1.165, 1.54) is 28.6 Å². The first-order valence-electron chi connectivity index (χ1n) is 9.04. The fraction of sp³-hybridized carbons (Fsp3) is 0.611. The number of amides is 1. The molecule has 2 aromatic rings. The van der Waals surface area contributed by atoms with Gasteiger partial charge < -0.3 is 5.73 Å². The molecule has 3 rings (SSSR count). The van der Waals surface area contributed by atoms with Crippen LogP contribution >= 0.6 is 23.1 Å². The van der Waals surface area contributed by atoms with E-state index in [9.17, 15) is 9.59 Å². The van der Waals surface area contributed by atoms with Crippen LogP contribution in [0, 0.1) is 0 Å². The number of fused-ring (bicyclic) bond motifs is 3. The van der Waals surface area contributed by atoms with E-state index in [0.29, 0.717) is 11.7 Å². The summed E-state index contributed by atoms with van der Waals surface area (Å²) in [5.74, 6) is -0.384. The highest BCUT2D eigenvalue weighted by atomic mass is 32.2. The lowest BCUT2D eigenvalue weighted by Gasteiger charge is -2.15. The van der Waals surface area contributed by atoms with E-state index >= 15 is 0 Å². The summed E-state index contributed by atoms with van der Waals surface area (Å²) in [5, 5.41) is 1.03. The van der Waals surface area contributed by atoms with Gasteiger partial charge in [0.1, 0.15) is 4.83 Å². The molecule has 0 radical (unpaired) electrons. The first-order chi connectivity index (χ1) is 12.0. The fourth-order valence-corrected chi connectivity index (χ4v) is 5.43. The van der Waals surface area contributed by atoms with E-state index in [1.807, 2.05) is 0 Å². The molecular weight excluding hydrogens is 354 g/mol. The van der Waals surface area contributed by atoms with Gasteiger partial charge >= 0.3 is 0 Å². The van der Waals surface area contributed by atoms with E-state index < -0.39 is 5.25 Å². The molecule has 0 unspecified atom stereocenters. The van der Waals surface area contributed by atoms with E-state index in [0.717, 1.165) is 48.7 Å². The monoisotopic (exact) mass is 379 g/mol. The van der Waals surface area contributed by atoms with Crippen molar-refractivity contribution in [2.45, 2.75) is 75.7 Å². The first kappa shape index (κ1) is 18.5. The summed E-state index contributed by atoms with van der Waals surface area (Å²) in [6.07, 6.45) is 7.46. The topological polar surface area (TPSA) is 78.0 Å². The number of nitrogens with two attached hydrogens (primary N) is 1. The summed E-state index contributed by atoms with van der Waals surface area (Å²) in [6, 6.07) is 0. The highest BCUT2D eigenvalue weighted by Gasteiger charge is 2.23. The zero-order chi connectivity index (χ0) is 18.0. The molecule has 0 saturated heterocycles. The smallest absolute Gasteiger partial charge is 0.263 e. The van der Waals surface area contributed by atoms with Gasteiger partial charge in [-0.2, -0.15) is 0 Å². The Kier molecular flexibility index (Phi) is 5.84. The van der Waals surface area contributed by atoms with Gasteiger partial charge in [0.2, 0.25) is 5.91 Å². The Morgan fingerprint density at radius 1 is 1.36 bits per heavy atom. The number of nitrogens with zero attached hydrogens (tertiary/aromatic N) is 2. The lowest BCUT2D eigenvalue weighted by Crippen LogP contribution is -2.27. The minimum absolute atomic E-state index is 0.0553. The van der Waals surface area contributed by atoms with Crippen LogP contribution in [0.1, 0.15) is 56.4 Å². The van der Waals surface area contributed by atoms with Gasteiger partial charge in [-0.05, 0) is 44.6 Å². The lowest BCUT2D eigenvalue weighted by atomic mass is 9.97. The number of thiophene rings is 1. The highest BCUT2D eigenvalue weighted by Crippen LogP contribution is 2.35. The second kappa shape index (κ2) is 7.91. The molecule has 0 fully saturated rings. The lowest BCUT2D eigenvalue weighted by molar-refractivity contribution is -0.117. The van der Waals surface area contributed by atoms with Gasteiger partial charge in [0.05, 0.1) is 10.6 Å². The van der Waals surface area contributed by atoms with E-state index in [1.54, 1.807) is 22.8 Å². The molecule has 1 aliphatic carbocycles. The average Bonchev–Trinajstić information content (AvgIpc) is 2.95. The SMILES string of the molecule is CCCCCn1c(S[C@H](C)C(N)=O)nc2sc3c(c2c1=O)CCCC3. The predicted molar refractivity (Wildman–Crippen MR) is 105 cm³/mol. The summed E-state index contributed by atoms with van der Waals surface area (Å²) >= 11 is 2.94. The summed E-state index contributed by atoms with van der Waals surface area (Å²) in [6.45, 7) is 4.55. The quantitative estimate of drug-likeness (QED) is 0.454. The second-order valence-corrected chi connectivity index (χ2v) is 9.00. The Labute approximate surface area is 156 Å². The van der Waals surface area contributed by atoms with Crippen LogP contribution in [0.2, 0.25) is 0 Å². The van der Waals surface area contributed by atoms with Crippen molar-refractivity contribution in [1.82, 2.24) is 9.55 Å². The van der Waals surface area contributed by atoms with Crippen LogP contribution in [0.5, 0.6) is 0 Å². The van der Waals surface area contributed by atoms with Gasteiger partial charge in [-0.25, -0.2) is 4.98 Å². The van der Waals surface area contributed by atoms with Crippen LogP contribution in [-0.2, 0) is 24.2 Å². The van der Waals surface area contributed by atoms with Crippen molar-refractivity contribution in [3.8, 4) is 0 Å². The molecular formula is C18H25N3O2S2. The predicted octanol–water partition coefficient (Wildman–Crippen LogP) is 3.49. The summed E-state index contributed by atoms with van der Waals surface area (Å²) in [4.78, 5) is 31.6. The minimum Gasteiger partial charge on any atom is -0.369 e. The normalized spacial score (nSPS) is 15.3. The maximum atomic E-state index is 13.2. The number of unbranched alkanes of at least 4 members (excludes halogenated alkanes) is 2. The molecule has 136 valence electrons. The minimum atomic E-state index is -0.406. The van der Waals surface area contributed by atoms with Crippen LogP contribution < -0.4 is 11.3 Å². The number of aryl methyl sites for hydroxylation is 2. The molecule has 5 nitrogen and oxygen atoms in total. The third kappa shape index (κ3) is 3.77. The molecule has 0 spiro atoms. The van der Waals surface area contributed by atoms with Gasteiger partial charge in [0.15, 0.2) is 5.16 Å². The van der Waals surface area contributed by atoms with Crippen LogP contribution in [0.4, 0.5) is 0 Å². The first-order valence-corrected chi connectivity index (χ1v) is 10.7. The number of rotatable bonds is 7. The van der Waals surface area contributed by atoms with Gasteiger partial charge in [-0.15, -0.1) is 11.3 Å². The number of carbonyl (C=O) groups excluding carboxylic acids is 1. The second-order valence-electron chi connectivity index (χ2n) is 6.61. The van der Waals surface area contributed by atoms with Crippen molar-refractivity contribution in [2.75, 3.05) is 0 Å². The van der Waals surface area contributed by atoms with Crippen molar-refractivity contribution in [2.24, 2.45) is 5.73 Å². The molecule has 0 aromatic carbocycles. The maximum Gasteiger partial charge on any atom is 0.263 e. The Bertz CT molecular complexity index is 841. The Morgan fingerprint density at radius 2 is 2.12 bits per heavy atom. The zero-order valence-electron chi connectivity index (χ0n) is 14.8. The van der Waals surface area contributed by atoms with Crippen molar-refractivity contribution in [3.63, 3.8) is 0 Å². The zero-order valence-corrected chi connectivity index (χ0v) is 16.5. The molecule has 2 aromatic heterocycles. The molecule has 1 atom stereocenters. The van der Waals surface area contributed by atoms with Crippen molar-refractivity contribution < 1.29 is 4.79 Å². The summed E-state index contributed by atoms with van der Waals surface area (Å²) in [5.41, 5.74) is 6.68. The highest BCUT2D eigenvalue weighted by molar-refractivity contribution is 8.00. The number of hydrogen-bond donors (Lipinski definition) is 1. The number of hydrogen-bond acceptors (Lipinski definition) is 5. The average molecular weight is 380 g/mol. The molecule has 0 saturated carbocycles. The van der Waals surface area contributed by atoms with E-state index in [4.69, 9.17) is 10.7 Å². The molecule has 1 aliphatic rings. The number of carbonyl (C=O) groups is 1. The standard InChI is InChI=1S/C18H25N3O2S2/c1-3-4-7-10-21-17(23)14-12-8-5-6-9-13(12)25-16(14)20-18(21)24-11(2)15(19)22/h11H,3-10H2,1-2H3,(H2,19,22)/t11-/m1/s1. The van der Waals surface area contributed by atoms with Crippen molar-refractivity contribution in [3.05, 3.63) is 20.8 Å². The molecule has 0 bridgehead atoms. The van der Waals surface area contributed by atoms with Crippen LogP contribution in [-0.4, -0.2) is 20.7 Å². The fourth-order valence-electron chi connectivity index (χ4n) is 3.24. The van der Waals surface area contributed by atoms with Crippen LogP contribution in [0.3, 0.4) is 0 Å². The van der Waals surface area contributed by atoms with Gasteiger partial charge in [0.25, 0.3) is 5.56 Å². The maximum absolute atomic E-state index is 13.2. The molecule has 25 heavy (non-hydrogen) atoms. The third-order valence-corrected chi connectivity index (χ3v) is 7.00. The molecule has 1 amide bonds.